The zero-order chi connectivity index (χ0) is 20.3. The second-order valence-electron chi connectivity index (χ2n) is 7.51. The predicted octanol–water partition coefficient (Wildman–Crippen LogP) is 1.04. The van der Waals surface area contributed by atoms with E-state index in [1.807, 2.05) is 4.90 Å². The molecule has 0 bridgehead atoms. The summed E-state index contributed by atoms with van der Waals surface area (Å²) in [6, 6.07) is 4.37. The van der Waals surface area contributed by atoms with E-state index in [4.69, 9.17) is 0 Å². The number of amides is 2. The topological polar surface area (TPSA) is 90.2 Å². The molecule has 28 heavy (non-hydrogen) atoms. The van der Waals surface area contributed by atoms with Crippen molar-refractivity contribution in [1.82, 2.24) is 14.7 Å². The number of rotatable bonds is 5. The third-order valence-electron chi connectivity index (χ3n) is 5.38. The molecule has 1 aromatic carbocycles. The molecule has 0 unspecified atom stereocenters. The van der Waals surface area contributed by atoms with Gasteiger partial charge in [-0.1, -0.05) is 0 Å². The van der Waals surface area contributed by atoms with Crippen molar-refractivity contribution in [2.45, 2.75) is 12.8 Å². The molecule has 0 radical (unpaired) electrons. The highest BCUT2D eigenvalue weighted by molar-refractivity contribution is 6.00. The Morgan fingerprint density at radius 1 is 1.04 bits per heavy atom. The first-order chi connectivity index (χ1) is 13.4. The van der Waals surface area contributed by atoms with Crippen LogP contribution < -0.4 is 4.90 Å². The fourth-order valence-electron chi connectivity index (χ4n) is 3.74. The van der Waals surface area contributed by atoms with E-state index in [-0.39, 0.29) is 17.5 Å². The maximum Gasteiger partial charge on any atom is 0.270 e. The number of carbonyl (C=O) groups is 2. The summed E-state index contributed by atoms with van der Waals surface area (Å²) in [5.74, 6) is -0.0521. The minimum absolute atomic E-state index is 0.0937. The first-order valence-corrected chi connectivity index (χ1v) is 9.62. The third kappa shape index (κ3) is 4.41. The van der Waals surface area contributed by atoms with Crippen LogP contribution in [0.25, 0.3) is 0 Å². The van der Waals surface area contributed by atoms with Crippen molar-refractivity contribution in [3.8, 4) is 0 Å². The number of anilines is 1. The van der Waals surface area contributed by atoms with Crippen LogP contribution in [-0.4, -0.2) is 91.3 Å². The molecule has 2 heterocycles. The minimum Gasteiger partial charge on any atom is -0.377 e. The predicted molar refractivity (Wildman–Crippen MR) is 106 cm³/mol. The molecular formula is C19H27N5O4. The quantitative estimate of drug-likeness (QED) is 0.552. The molecule has 9 heteroatoms. The SMILES string of the molecule is CN(C)c1ccc([N+](=O)[O-])cc1C(=O)N1CCN(CC(=O)N2CCCC2)CC1. The molecule has 9 nitrogen and oxygen atoms in total. The number of nitro benzene ring substituents is 1. The molecule has 0 aliphatic carbocycles. The second-order valence-corrected chi connectivity index (χ2v) is 7.51. The maximum atomic E-state index is 13.0. The maximum absolute atomic E-state index is 13.0. The van der Waals surface area contributed by atoms with Gasteiger partial charge in [-0.2, -0.15) is 0 Å². The number of non-ortho nitro benzene ring substituents is 1. The van der Waals surface area contributed by atoms with Crippen LogP contribution in [0.2, 0.25) is 0 Å². The zero-order valence-electron chi connectivity index (χ0n) is 16.5. The molecule has 2 aliphatic heterocycles. The molecular weight excluding hydrogens is 362 g/mol. The van der Waals surface area contributed by atoms with E-state index in [9.17, 15) is 19.7 Å². The Morgan fingerprint density at radius 2 is 1.68 bits per heavy atom. The van der Waals surface area contributed by atoms with Gasteiger partial charge in [0.2, 0.25) is 5.91 Å². The van der Waals surface area contributed by atoms with Crippen LogP contribution in [0, 0.1) is 10.1 Å². The van der Waals surface area contributed by atoms with Crippen molar-refractivity contribution >= 4 is 23.2 Å². The summed E-state index contributed by atoms with van der Waals surface area (Å²) in [5.41, 5.74) is 0.895. The highest BCUT2D eigenvalue weighted by Crippen LogP contribution is 2.26. The van der Waals surface area contributed by atoms with Crippen molar-refractivity contribution in [2.75, 3.05) is 64.8 Å². The second kappa shape index (κ2) is 8.55. The largest absolute Gasteiger partial charge is 0.377 e. The normalized spacial score (nSPS) is 17.6. The lowest BCUT2D eigenvalue weighted by atomic mass is 10.1. The fourth-order valence-corrected chi connectivity index (χ4v) is 3.74. The molecule has 2 fully saturated rings. The van der Waals surface area contributed by atoms with E-state index in [1.54, 1.807) is 30.0 Å². The van der Waals surface area contributed by atoms with E-state index >= 15 is 0 Å². The Bertz CT molecular complexity index is 753. The summed E-state index contributed by atoms with van der Waals surface area (Å²) in [6.45, 7) is 4.33. The Morgan fingerprint density at radius 3 is 2.25 bits per heavy atom. The average Bonchev–Trinajstić information content (AvgIpc) is 3.22. The van der Waals surface area contributed by atoms with Crippen LogP contribution in [0.5, 0.6) is 0 Å². The first kappa shape index (κ1) is 20.1. The summed E-state index contributed by atoms with van der Waals surface area (Å²) in [5, 5.41) is 11.1. The van der Waals surface area contributed by atoms with Gasteiger partial charge in [0.1, 0.15) is 0 Å². The third-order valence-corrected chi connectivity index (χ3v) is 5.38. The lowest BCUT2D eigenvalue weighted by Crippen LogP contribution is -2.51. The highest BCUT2D eigenvalue weighted by Gasteiger charge is 2.28. The molecule has 2 aliphatic rings. The van der Waals surface area contributed by atoms with Gasteiger partial charge >= 0.3 is 0 Å². The van der Waals surface area contributed by atoms with E-state index in [0.29, 0.717) is 44.0 Å². The summed E-state index contributed by atoms with van der Waals surface area (Å²) < 4.78 is 0. The van der Waals surface area contributed by atoms with E-state index in [0.717, 1.165) is 25.9 Å². The number of nitro groups is 1. The van der Waals surface area contributed by atoms with Crippen LogP contribution in [0.1, 0.15) is 23.2 Å². The summed E-state index contributed by atoms with van der Waals surface area (Å²) in [4.78, 5) is 43.4. The number of nitrogens with zero attached hydrogens (tertiary/aromatic N) is 5. The van der Waals surface area contributed by atoms with Crippen LogP contribution in [-0.2, 0) is 4.79 Å². The van der Waals surface area contributed by atoms with Gasteiger partial charge in [-0.3, -0.25) is 24.6 Å². The fraction of sp³-hybridized carbons (Fsp3) is 0.579. The van der Waals surface area contributed by atoms with Crippen LogP contribution in [0.3, 0.4) is 0 Å². The Labute approximate surface area is 164 Å². The lowest BCUT2D eigenvalue weighted by molar-refractivity contribution is -0.384. The van der Waals surface area contributed by atoms with Crippen LogP contribution in [0.15, 0.2) is 18.2 Å². The van der Waals surface area contributed by atoms with Gasteiger partial charge in [-0.15, -0.1) is 0 Å². The first-order valence-electron chi connectivity index (χ1n) is 9.62. The van der Waals surface area contributed by atoms with Gasteiger partial charge in [0.25, 0.3) is 11.6 Å². The van der Waals surface area contributed by atoms with Gasteiger partial charge in [0, 0.05) is 71.2 Å². The molecule has 0 N–H and O–H groups in total. The van der Waals surface area contributed by atoms with Gasteiger partial charge < -0.3 is 14.7 Å². The average molecular weight is 389 g/mol. The molecule has 0 atom stereocenters. The summed E-state index contributed by atoms with van der Waals surface area (Å²) in [6.07, 6.45) is 2.15. The number of carbonyl (C=O) groups excluding carboxylic acids is 2. The van der Waals surface area contributed by atoms with Crippen molar-refractivity contribution < 1.29 is 14.5 Å². The standard InChI is InChI=1S/C19H27N5O4/c1-20(2)17-6-5-15(24(27)28)13-16(17)19(26)23-11-9-21(10-12-23)14-18(25)22-7-3-4-8-22/h5-6,13H,3-4,7-12,14H2,1-2H3. The van der Waals surface area contributed by atoms with Crippen LogP contribution >= 0.6 is 0 Å². The number of piperazine rings is 1. The zero-order valence-corrected chi connectivity index (χ0v) is 16.5. The smallest absolute Gasteiger partial charge is 0.270 e. The van der Waals surface area contributed by atoms with Gasteiger partial charge in [-0.25, -0.2) is 0 Å². The number of likely N-dealkylation sites (tertiary alicyclic amines) is 1. The van der Waals surface area contributed by atoms with Gasteiger partial charge in [0.05, 0.1) is 17.0 Å². The molecule has 2 amide bonds. The van der Waals surface area contributed by atoms with Crippen molar-refractivity contribution in [3.63, 3.8) is 0 Å². The van der Waals surface area contributed by atoms with E-state index < -0.39 is 4.92 Å². The van der Waals surface area contributed by atoms with E-state index in [1.165, 1.54) is 12.1 Å². The Balaban J connectivity index is 1.64. The number of benzene rings is 1. The van der Waals surface area contributed by atoms with Crippen molar-refractivity contribution in [2.24, 2.45) is 0 Å². The Kier molecular flexibility index (Phi) is 6.13. The lowest BCUT2D eigenvalue weighted by Gasteiger charge is -2.35. The molecule has 0 aromatic heterocycles. The molecule has 0 spiro atoms. The monoisotopic (exact) mass is 389 g/mol. The summed E-state index contributed by atoms with van der Waals surface area (Å²) in [7, 11) is 3.61. The van der Waals surface area contributed by atoms with Crippen molar-refractivity contribution in [3.05, 3.63) is 33.9 Å². The molecule has 152 valence electrons. The number of hydrogen-bond acceptors (Lipinski definition) is 6. The molecule has 3 rings (SSSR count). The number of hydrogen-bond donors (Lipinski definition) is 0. The van der Waals surface area contributed by atoms with Gasteiger partial charge in [-0.05, 0) is 18.9 Å². The van der Waals surface area contributed by atoms with E-state index in [2.05, 4.69) is 4.90 Å². The highest BCUT2D eigenvalue weighted by atomic mass is 16.6. The van der Waals surface area contributed by atoms with Crippen molar-refractivity contribution in [1.29, 1.82) is 0 Å². The molecule has 1 aromatic rings. The Hall–Kier alpha value is -2.68. The van der Waals surface area contributed by atoms with Gasteiger partial charge in [0.15, 0.2) is 0 Å². The molecule has 0 saturated carbocycles. The minimum atomic E-state index is -0.488. The van der Waals surface area contributed by atoms with Crippen LogP contribution in [0.4, 0.5) is 11.4 Å². The molecule has 2 saturated heterocycles. The summed E-state index contributed by atoms with van der Waals surface area (Å²) >= 11 is 0.